The van der Waals surface area contributed by atoms with Crippen molar-refractivity contribution in [2.75, 3.05) is 13.7 Å². The quantitative estimate of drug-likeness (QED) is 0.750. The van der Waals surface area contributed by atoms with Gasteiger partial charge in [0.2, 0.25) is 0 Å². The average molecular weight is 210 g/mol. The molecule has 0 amide bonds. The molecule has 5 heteroatoms. The van der Waals surface area contributed by atoms with E-state index in [-0.39, 0.29) is 0 Å². The van der Waals surface area contributed by atoms with Gasteiger partial charge >= 0.3 is 0 Å². The van der Waals surface area contributed by atoms with Gasteiger partial charge in [-0.05, 0) is 12.8 Å². The van der Waals surface area contributed by atoms with Crippen LogP contribution in [0.3, 0.4) is 0 Å². The summed E-state index contributed by atoms with van der Waals surface area (Å²) in [6.45, 7) is 0.950. The zero-order valence-electron chi connectivity index (χ0n) is 9.31. The van der Waals surface area contributed by atoms with Crippen LogP contribution in [0.4, 0.5) is 0 Å². The van der Waals surface area contributed by atoms with Crippen LogP contribution in [0, 0.1) is 0 Å². The van der Waals surface area contributed by atoms with Crippen LogP contribution in [-0.4, -0.2) is 40.6 Å². The summed E-state index contributed by atoms with van der Waals surface area (Å²) in [6.07, 6.45) is 5.36. The van der Waals surface area contributed by atoms with E-state index in [1.54, 1.807) is 18.1 Å². The summed E-state index contributed by atoms with van der Waals surface area (Å²) in [5, 5.41) is 7.70. The summed E-state index contributed by atoms with van der Waals surface area (Å²) in [6, 6.07) is 0.624. The van der Waals surface area contributed by atoms with Crippen LogP contribution in [0.5, 0.6) is 0 Å². The van der Waals surface area contributed by atoms with Gasteiger partial charge in [-0.15, -0.1) is 0 Å². The first-order valence-corrected chi connectivity index (χ1v) is 5.38. The molecule has 0 saturated heterocycles. The van der Waals surface area contributed by atoms with Crippen molar-refractivity contribution in [2.45, 2.75) is 31.4 Å². The number of methoxy groups -OCH3 is 1. The lowest BCUT2D eigenvalue weighted by molar-refractivity contribution is 0.0177. The van der Waals surface area contributed by atoms with Gasteiger partial charge in [-0.1, -0.05) is 0 Å². The van der Waals surface area contributed by atoms with E-state index in [1.807, 2.05) is 7.05 Å². The Hall–Kier alpha value is -0.940. The van der Waals surface area contributed by atoms with E-state index in [0.29, 0.717) is 12.1 Å². The Morgan fingerprint density at radius 2 is 2.40 bits per heavy atom. The highest BCUT2D eigenvalue weighted by molar-refractivity contribution is 4.88. The first-order chi connectivity index (χ1) is 7.28. The van der Waals surface area contributed by atoms with Gasteiger partial charge in [-0.2, -0.15) is 5.10 Å². The molecule has 5 nitrogen and oxygen atoms in total. The topological polar surface area (TPSA) is 52.0 Å². The van der Waals surface area contributed by atoms with Gasteiger partial charge in [0.1, 0.15) is 6.33 Å². The zero-order valence-corrected chi connectivity index (χ0v) is 9.31. The molecule has 2 rings (SSSR count). The van der Waals surface area contributed by atoms with Crippen LogP contribution in [-0.2, 0) is 18.2 Å². The van der Waals surface area contributed by atoms with Crippen LogP contribution in [0.15, 0.2) is 6.33 Å². The number of ether oxygens (including phenoxy) is 1. The number of rotatable bonds is 5. The fraction of sp³-hybridized carbons (Fsp3) is 0.800. The standard InChI is InChI=1S/C10H18N4O/c1-14-7-12-10(13-14)3-4-11-8-5-9(6-8)15-2/h7-9,11H,3-6H2,1-2H3. The number of aromatic nitrogens is 3. The van der Waals surface area contributed by atoms with Crippen molar-refractivity contribution in [3.05, 3.63) is 12.2 Å². The molecule has 1 aliphatic carbocycles. The van der Waals surface area contributed by atoms with Crippen molar-refractivity contribution >= 4 is 0 Å². The molecule has 0 radical (unpaired) electrons. The van der Waals surface area contributed by atoms with E-state index in [0.717, 1.165) is 31.6 Å². The first-order valence-electron chi connectivity index (χ1n) is 5.38. The van der Waals surface area contributed by atoms with Crippen molar-refractivity contribution in [2.24, 2.45) is 7.05 Å². The van der Waals surface area contributed by atoms with Crippen LogP contribution in [0.25, 0.3) is 0 Å². The maximum atomic E-state index is 5.22. The number of aryl methyl sites for hydroxylation is 1. The summed E-state index contributed by atoms with van der Waals surface area (Å²) in [5.41, 5.74) is 0. The molecule has 1 aromatic heterocycles. The summed E-state index contributed by atoms with van der Waals surface area (Å²) >= 11 is 0. The predicted octanol–water partition coefficient (Wildman–Crippen LogP) is 0.125. The number of nitrogens with one attached hydrogen (secondary N) is 1. The van der Waals surface area contributed by atoms with Crippen molar-refractivity contribution in [3.8, 4) is 0 Å². The Morgan fingerprint density at radius 1 is 1.60 bits per heavy atom. The fourth-order valence-electron chi connectivity index (χ4n) is 1.81. The van der Waals surface area contributed by atoms with E-state index in [1.165, 1.54) is 0 Å². The van der Waals surface area contributed by atoms with E-state index < -0.39 is 0 Å². The Balaban J connectivity index is 1.60. The Kier molecular flexibility index (Phi) is 3.33. The summed E-state index contributed by atoms with van der Waals surface area (Å²) in [5.74, 6) is 0.910. The molecule has 0 aromatic carbocycles. The van der Waals surface area contributed by atoms with Crippen LogP contribution in [0.1, 0.15) is 18.7 Å². The maximum Gasteiger partial charge on any atom is 0.151 e. The second-order valence-electron chi connectivity index (χ2n) is 4.06. The molecule has 0 aliphatic heterocycles. The minimum Gasteiger partial charge on any atom is -0.381 e. The van der Waals surface area contributed by atoms with E-state index in [2.05, 4.69) is 15.4 Å². The molecular formula is C10H18N4O. The van der Waals surface area contributed by atoms with Crippen LogP contribution >= 0.6 is 0 Å². The molecule has 1 fully saturated rings. The number of nitrogens with zero attached hydrogens (tertiary/aromatic N) is 3. The second-order valence-corrected chi connectivity index (χ2v) is 4.06. The fourth-order valence-corrected chi connectivity index (χ4v) is 1.81. The van der Waals surface area contributed by atoms with Crippen LogP contribution in [0.2, 0.25) is 0 Å². The summed E-state index contributed by atoms with van der Waals surface area (Å²) in [4.78, 5) is 4.17. The van der Waals surface area contributed by atoms with Gasteiger partial charge < -0.3 is 10.1 Å². The molecule has 0 atom stereocenters. The van der Waals surface area contributed by atoms with Gasteiger partial charge in [0.25, 0.3) is 0 Å². The maximum absolute atomic E-state index is 5.22. The highest BCUT2D eigenvalue weighted by Gasteiger charge is 2.28. The Labute approximate surface area is 89.8 Å². The summed E-state index contributed by atoms with van der Waals surface area (Å²) in [7, 11) is 3.66. The number of hydrogen-bond donors (Lipinski definition) is 1. The number of hydrogen-bond acceptors (Lipinski definition) is 4. The highest BCUT2D eigenvalue weighted by atomic mass is 16.5. The third-order valence-electron chi connectivity index (χ3n) is 2.86. The van der Waals surface area contributed by atoms with Crippen LogP contribution < -0.4 is 5.32 Å². The zero-order chi connectivity index (χ0) is 10.7. The third-order valence-corrected chi connectivity index (χ3v) is 2.86. The molecule has 84 valence electrons. The van der Waals surface area contributed by atoms with Gasteiger partial charge in [0.05, 0.1) is 6.10 Å². The highest BCUT2D eigenvalue weighted by Crippen LogP contribution is 2.22. The molecule has 1 aliphatic rings. The monoisotopic (exact) mass is 210 g/mol. The smallest absolute Gasteiger partial charge is 0.151 e. The molecule has 15 heavy (non-hydrogen) atoms. The van der Waals surface area contributed by atoms with Crippen molar-refractivity contribution in [3.63, 3.8) is 0 Å². The predicted molar refractivity (Wildman–Crippen MR) is 56.5 cm³/mol. The first kappa shape index (κ1) is 10.6. The molecule has 1 heterocycles. The third kappa shape index (κ3) is 2.76. The van der Waals surface area contributed by atoms with Gasteiger partial charge in [0.15, 0.2) is 5.82 Å². The minimum atomic E-state index is 0.468. The SMILES string of the molecule is COC1CC(NCCc2ncn(C)n2)C1. The normalized spacial score (nSPS) is 25.2. The van der Waals surface area contributed by atoms with E-state index in [4.69, 9.17) is 4.74 Å². The van der Waals surface area contributed by atoms with Crippen molar-refractivity contribution in [1.29, 1.82) is 0 Å². The molecule has 1 saturated carbocycles. The minimum absolute atomic E-state index is 0.468. The molecule has 1 aromatic rings. The Bertz CT molecular complexity index is 306. The van der Waals surface area contributed by atoms with Gasteiger partial charge in [-0.25, -0.2) is 4.98 Å². The second kappa shape index (κ2) is 4.72. The molecule has 0 spiro atoms. The molecule has 1 N–H and O–H groups in total. The van der Waals surface area contributed by atoms with Crippen molar-refractivity contribution < 1.29 is 4.74 Å². The van der Waals surface area contributed by atoms with Gasteiger partial charge in [0, 0.05) is 33.2 Å². The van der Waals surface area contributed by atoms with E-state index >= 15 is 0 Å². The lowest BCUT2D eigenvalue weighted by atomic mass is 9.89. The largest absolute Gasteiger partial charge is 0.381 e. The lowest BCUT2D eigenvalue weighted by Crippen LogP contribution is -2.45. The summed E-state index contributed by atoms with van der Waals surface area (Å²) < 4.78 is 6.95. The molecule has 0 unspecified atom stereocenters. The average Bonchev–Trinajstić information content (AvgIpc) is 2.55. The van der Waals surface area contributed by atoms with Crippen molar-refractivity contribution in [1.82, 2.24) is 20.1 Å². The molecule has 0 bridgehead atoms. The lowest BCUT2D eigenvalue weighted by Gasteiger charge is -2.34. The van der Waals surface area contributed by atoms with Gasteiger partial charge in [-0.3, -0.25) is 4.68 Å². The van der Waals surface area contributed by atoms with E-state index in [9.17, 15) is 0 Å². The Morgan fingerprint density at radius 3 is 3.00 bits per heavy atom. The molecular weight excluding hydrogens is 192 g/mol.